The van der Waals surface area contributed by atoms with E-state index in [1.165, 1.54) is 0 Å². The molecule has 35 heavy (non-hydrogen) atoms. The molecule has 3 saturated heterocycles. The minimum atomic E-state index is -4.64. The highest BCUT2D eigenvalue weighted by Crippen LogP contribution is 2.44. The molecule has 5 rings (SSSR count). The van der Waals surface area contributed by atoms with E-state index in [2.05, 4.69) is 16.5 Å². The van der Waals surface area contributed by atoms with Crippen LogP contribution in [0.4, 0.5) is 0 Å². The van der Waals surface area contributed by atoms with E-state index in [-0.39, 0.29) is 44.4 Å². The first-order valence-corrected chi connectivity index (χ1v) is 10.7. The normalized spacial score (nSPS) is 22.6. The predicted molar refractivity (Wildman–Crippen MR) is 131 cm³/mol. The third-order valence-corrected chi connectivity index (χ3v) is 6.47. The van der Waals surface area contributed by atoms with Gasteiger partial charge in [-0.3, -0.25) is 14.4 Å². The summed E-state index contributed by atoms with van der Waals surface area (Å²) in [6.07, 6.45) is 4.62. The van der Waals surface area contributed by atoms with Crippen LogP contribution in [-0.2, 0) is 14.6 Å². The SMILES string of the molecule is C=C[C@H]1CN2CC[C@H]1C[C@H]2[C@H](OS(=O)(=O)O)c1ccnc2ccc(OC)cc12.O.O.O.O.O.O.O. The maximum Gasteiger partial charge on any atom is 0.398 e. The molecule has 0 radical (unpaired) electrons. The minimum Gasteiger partial charge on any atom is -0.497 e. The van der Waals surface area contributed by atoms with Crippen LogP contribution < -0.4 is 4.74 Å². The van der Waals surface area contributed by atoms with Gasteiger partial charge in [-0.1, -0.05) is 6.08 Å². The number of hydrogen-bond donors (Lipinski definition) is 1. The van der Waals surface area contributed by atoms with Crippen LogP contribution in [0.5, 0.6) is 5.75 Å². The Balaban J connectivity index is -0.000000686. The van der Waals surface area contributed by atoms with E-state index < -0.39 is 16.5 Å². The van der Waals surface area contributed by atoms with E-state index in [0.29, 0.717) is 28.7 Å². The van der Waals surface area contributed by atoms with Crippen LogP contribution in [0.2, 0.25) is 0 Å². The molecule has 5 atom stereocenters. The van der Waals surface area contributed by atoms with Crippen molar-refractivity contribution in [2.24, 2.45) is 11.8 Å². The summed E-state index contributed by atoms with van der Waals surface area (Å²) >= 11 is 0. The molecule has 0 saturated carbocycles. The Morgan fingerprint density at radius 2 is 1.80 bits per heavy atom. The van der Waals surface area contributed by atoms with Gasteiger partial charge >= 0.3 is 10.4 Å². The Hall–Kier alpha value is -2.28. The molecule has 2 bridgehead atoms. The van der Waals surface area contributed by atoms with Crippen molar-refractivity contribution in [3.05, 3.63) is 48.7 Å². The Labute approximate surface area is 203 Å². The molecule has 14 nitrogen and oxygen atoms in total. The van der Waals surface area contributed by atoms with Gasteiger partial charge in [0.15, 0.2) is 0 Å². The summed E-state index contributed by atoms with van der Waals surface area (Å²) < 4.78 is 43.5. The topological polar surface area (TPSA) is 309 Å². The van der Waals surface area contributed by atoms with Gasteiger partial charge in [-0.25, -0.2) is 4.18 Å². The molecule has 3 fully saturated rings. The van der Waals surface area contributed by atoms with E-state index >= 15 is 0 Å². The number of pyridine rings is 1. The van der Waals surface area contributed by atoms with Crippen molar-refractivity contribution in [3.8, 4) is 5.75 Å². The molecular weight excluding hydrogens is 492 g/mol. The number of ether oxygens (including phenoxy) is 1. The first-order valence-electron chi connectivity index (χ1n) is 9.34. The summed E-state index contributed by atoms with van der Waals surface area (Å²) in [5, 5.41) is 0.749. The van der Waals surface area contributed by atoms with Crippen molar-refractivity contribution < 1.29 is 60.2 Å². The average Bonchev–Trinajstić information content (AvgIpc) is 2.70. The maximum atomic E-state index is 11.7. The largest absolute Gasteiger partial charge is 0.497 e. The second-order valence-corrected chi connectivity index (χ2v) is 8.52. The second-order valence-electron chi connectivity index (χ2n) is 7.47. The lowest BCUT2D eigenvalue weighted by molar-refractivity contribution is -0.0365. The van der Waals surface area contributed by atoms with Crippen molar-refractivity contribution in [2.75, 3.05) is 20.2 Å². The molecule has 3 aliphatic rings. The van der Waals surface area contributed by atoms with Gasteiger partial charge in [0.1, 0.15) is 11.9 Å². The molecule has 15 heteroatoms. The van der Waals surface area contributed by atoms with Crippen LogP contribution in [0, 0.1) is 11.8 Å². The summed E-state index contributed by atoms with van der Waals surface area (Å²) in [5.74, 6) is 1.47. The Kier molecular flexibility index (Phi) is 17.9. The highest BCUT2D eigenvalue weighted by atomic mass is 32.3. The van der Waals surface area contributed by atoms with E-state index in [1.807, 2.05) is 18.2 Å². The van der Waals surface area contributed by atoms with Crippen LogP contribution in [-0.4, -0.2) is 87.4 Å². The van der Waals surface area contributed by atoms with Crippen molar-refractivity contribution in [2.45, 2.75) is 25.0 Å². The molecule has 4 heterocycles. The van der Waals surface area contributed by atoms with E-state index in [0.717, 1.165) is 31.3 Å². The van der Waals surface area contributed by atoms with Gasteiger partial charge in [0.2, 0.25) is 0 Å². The summed E-state index contributed by atoms with van der Waals surface area (Å²) in [6, 6.07) is 7.04. The van der Waals surface area contributed by atoms with Crippen LogP contribution in [0.25, 0.3) is 10.9 Å². The second kappa shape index (κ2) is 15.7. The molecule has 0 amide bonds. The highest BCUT2D eigenvalue weighted by molar-refractivity contribution is 7.80. The number of rotatable bonds is 6. The molecule has 1 aromatic carbocycles. The maximum absolute atomic E-state index is 11.7. The number of hydrogen-bond acceptors (Lipinski definition) is 6. The fourth-order valence-electron chi connectivity index (χ4n) is 4.67. The summed E-state index contributed by atoms with van der Waals surface area (Å²) in [4.78, 5) is 6.61. The molecule has 206 valence electrons. The Morgan fingerprint density at radius 3 is 2.31 bits per heavy atom. The first-order chi connectivity index (χ1) is 13.4. The van der Waals surface area contributed by atoms with Gasteiger partial charge in [0.25, 0.3) is 0 Å². The fourth-order valence-corrected chi connectivity index (χ4v) is 5.16. The lowest BCUT2D eigenvalue weighted by Gasteiger charge is -2.51. The minimum absolute atomic E-state index is 0. The molecule has 1 unspecified atom stereocenters. The molecule has 3 aliphatic heterocycles. The summed E-state index contributed by atoms with van der Waals surface area (Å²) in [5.41, 5.74) is 1.39. The third-order valence-electron chi connectivity index (χ3n) is 6.02. The number of aromatic nitrogens is 1. The standard InChI is InChI=1S/C20H24N2O5S.7H2O/c1-3-13-12-22-9-7-14(13)10-19(22)20(27-28(23,24)25)16-6-8-21-18-5-4-15(26-2)11-17(16)18;;;;;;;/h3-6,8,11,13-14,19-20H,1,7,9-10,12H2,2H3,(H,23,24,25);7*1H2/t13-,14-,19-,20+;;;;;;;/m0......./s1. The smallest absolute Gasteiger partial charge is 0.398 e. The zero-order chi connectivity index (χ0) is 19.9. The van der Waals surface area contributed by atoms with E-state index in [1.54, 1.807) is 25.4 Å². The van der Waals surface area contributed by atoms with Gasteiger partial charge in [-0.05, 0) is 61.1 Å². The van der Waals surface area contributed by atoms with Crippen LogP contribution in [0.15, 0.2) is 43.1 Å². The van der Waals surface area contributed by atoms with E-state index in [9.17, 15) is 13.0 Å². The van der Waals surface area contributed by atoms with E-state index in [4.69, 9.17) is 8.92 Å². The number of nitrogens with zero attached hydrogens (tertiary/aromatic N) is 2. The number of benzene rings is 1. The van der Waals surface area contributed by atoms with Crippen molar-refractivity contribution in [1.82, 2.24) is 9.88 Å². The lowest BCUT2D eigenvalue weighted by Crippen LogP contribution is -2.55. The van der Waals surface area contributed by atoms with Gasteiger partial charge in [-0.15, -0.1) is 6.58 Å². The van der Waals surface area contributed by atoms with Gasteiger partial charge < -0.3 is 43.1 Å². The van der Waals surface area contributed by atoms with Gasteiger partial charge in [0.05, 0.1) is 12.6 Å². The third kappa shape index (κ3) is 8.13. The van der Waals surface area contributed by atoms with Gasteiger partial charge in [-0.2, -0.15) is 8.42 Å². The number of methoxy groups -OCH3 is 1. The van der Waals surface area contributed by atoms with Crippen LogP contribution >= 0.6 is 0 Å². The molecule has 0 aliphatic carbocycles. The van der Waals surface area contributed by atoms with Crippen LogP contribution in [0.3, 0.4) is 0 Å². The fraction of sp³-hybridized carbons (Fsp3) is 0.450. The Bertz CT molecular complexity index is 1010. The molecule has 2 aromatic rings. The zero-order valence-electron chi connectivity index (χ0n) is 19.2. The number of fused-ring (bicyclic) bond motifs is 4. The number of piperidine rings is 3. The molecule has 0 spiro atoms. The predicted octanol–water partition coefficient (Wildman–Crippen LogP) is -2.77. The molecule has 15 N–H and O–H groups in total. The van der Waals surface area contributed by atoms with Crippen molar-refractivity contribution in [1.29, 1.82) is 0 Å². The van der Waals surface area contributed by atoms with Crippen molar-refractivity contribution in [3.63, 3.8) is 0 Å². The van der Waals surface area contributed by atoms with Crippen molar-refractivity contribution >= 4 is 21.3 Å². The highest BCUT2D eigenvalue weighted by Gasteiger charge is 2.44. The lowest BCUT2D eigenvalue weighted by atomic mass is 9.73. The van der Waals surface area contributed by atoms with Gasteiger partial charge in [0, 0.05) is 24.2 Å². The Morgan fingerprint density at radius 1 is 1.14 bits per heavy atom. The van der Waals surface area contributed by atoms with Crippen LogP contribution in [0.1, 0.15) is 24.5 Å². The zero-order valence-corrected chi connectivity index (χ0v) is 20.0. The quantitative estimate of drug-likeness (QED) is 0.302. The average molecular weight is 531 g/mol. The molecule has 1 aromatic heterocycles. The molecular formula is C20H38N2O12S. The monoisotopic (exact) mass is 530 g/mol. The first kappa shape index (κ1) is 39.9. The summed E-state index contributed by atoms with van der Waals surface area (Å²) in [7, 11) is -3.07. The summed E-state index contributed by atoms with van der Waals surface area (Å²) in [6.45, 7) is 5.62.